The van der Waals surface area contributed by atoms with Gasteiger partial charge in [-0.2, -0.15) is 0 Å². The summed E-state index contributed by atoms with van der Waals surface area (Å²) in [6.07, 6.45) is 2.78. The van der Waals surface area contributed by atoms with Gasteiger partial charge >= 0.3 is 0 Å². The lowest BCUT2D eigenvalue weighted by Gasteiger charge is -2.03. The minimum absolute atomic E-state index is 0.661. The van der Waals surface area contributed by atoms with Crippen LogP contribution in [0, 0.1) is 0 Å². The van der Waals surface area contributed by atoms with Gasteiger partial charge < -0.3 is 14.8 Å². The molecule has 108 valence electrons. The highest BCUT2D eigenvalue weighted by Gasteiger charge is 2.02. The first-order valence-electron chi connectivity index (χ1n) is 6.69. The molecule has 0 saturated heterocycles. The molecule has 0 aliphatic heterocycles. The summed E-state index contributed by atoms with van der Waals surface area (Å²) in [7, 11) is 1.71. The highest BCUT2D eigenvalue weighted by molar-refractivity contribution is 7.11. The van der Waals surface area contributed by atoms with Crippen LogP contribution in [0.4, 0.5) is 0 Å². The Hall–Kier alpha value is -1.43. The lowest BCUT2D eigenvalue weighted by Crippen LogP contribution is -2.17. The molecule has 0 unspecified atom stereocenters. The fourth-order valence-electron chi connectivity index (χ4n) is 1.70. The van der Waals surface area contributed by atoms with Gasteiger partial charge in [0, 0.05) is 37.7 Å². The van der Waals surface area contributed by atoms with Crippen molar-refractivity contribution in [2.24, 2.45) is 0 Å². The predicted molar refractivity (Wildman–Crippen MR) is 81.3 cm³/mol. The van der Waals surface area contributed by atoms with Gasteiger partial charge in [0.25, 0.3) is 0 Å². The summed E-state index contributed by atoms with van der Waals surface area (Å²) >= 11 is 1.73. The van der Waals surface area contributed by atoms with Crippen molar-refractivity contribution < 1.29 is 9.47 Å². The molecule has 4 nitrogen and oxygen atoms in total. The maximum absolute atomic E-state index is 5.67. The van der Waals surface area contributed by atoms with Crippen LogP contribution in [0.1, 0.15) is 9.88 Å². The smallest absolute Gasteiger partial charge is 0.119 e. The Morgan fingerprint density at radius 3 is 2.85 bits per heavy atom. The number of para-hydroxylation sites is 1. The van der Waals surface area contributed by atoms with E-state index >= 15 is 0 Å². The molecule has 0 amide bonds. The molecule has 0 aliphatic rings. The molecule has 0 saturated carbocycles. The summed E-state index contributed by atoms with van der Waals surface area (Å²) in [5.74, 6) is 0.908. The third kappa shape index (κ3) is 5.28. The van der Waals surface area contributed by atoms with Gasteiger partial charge in [0.05, 0.1) is 18.2 Å². The second-order valence-corrected chi connectivity index (χ2v) is 5.50. The van der Waals surface area contributed by atoms with Gasteiger partial charge in [-0.25, -0.2) is 4.98 Å². The van der Waals surface area contributed by atoms with Gasteiger partial charge in [-0.3, -0.25) is 0 Å². The zero-order valence-electron chi connectivity index (χ0n) is 11.7. The molecule has 0 atom stereocenters. The van der Waals surface area contributed by atoms with Gasteiger partial charge in [0.15, 0.2) is 0 Å². The number of thiazole rings is 1. The molecule has 1 aromatic heterocycles. The van der Waals surface area contributed by atoms with Crippen molar-refractivity contribution in [2.45, 2.75) is 13.0 Å². The maximum Gasteiger partial charge on any atom is 0.119 e. The summed E-state index contributed by atoms with van der Waals surface area (Å²) in [4.78, 5) is 5.66. The standard InChI is InChI=1S/C15H20N2O2S/c1-18-10-8-16-11-14-12-17-15(20-14)7-9-19-13-5-3-2-4-6-13/h2-6,12,16H,7-11H2,1H3. The van der Waals surface area contributed by atoms with Crippen LogP contribution in [0.2, 0.25) is 0 Å². The van der Waals surface area contributed by atoms with Crippen molar-refractivity contribution in [2.75, 3.05) is 26.9 Å². The number of methoxy groups -OCH3 is 1. The predicted octanol–water partition coefficient (Wildman–Crippen LogP) is 2.50. The second kappa shape index (κ2) is 8.68. The van der Waals surface area contributed by atoms with E-state index in [4.69, 9.17) is 9.47 Å². The van der Waals surface area contributed by atoms with Crippen LogP contribution in [0.25, 0.3) is 0 Å². The Morgan fingerprint density at radius 2 is 2.05 bits per heavy atom. The van der Waals surface area contributed by atoms with Crippen LogP contribution >= 0.6 is 11.3 Å². The average Bonchev–Trinajstić information content (AvgIpc) is 2.93. The number of aromatic nitrogens is 1. The van der Waals surface area contributed by atoms with E-state index in [9.17, 15) is 0 Å². The van der Waals surface area contributed by atoms with Crippen LogP contribution in [0.15, 0.2) is 36.5 Å². The summed E-state index contributed by atoms with van der Waals surface area (Å²) in [5.41, 5.74) is 0. The number of hydrogen-bond acceptors (Lipinski definition) is 5. The number of ether oxygens (including phenoxy) is 2. The van der Waals surface area contributed by atoms with Crippen LogP contribution in [-0.4, -0.2) is 31.9 Å². The average molecular weight is 292 g/mol. The molecule has 1 heterocycles. The largest absolute Gasteiger partial charge is 0.493 e. The first-order valence-corrected chi connectivity index (χ1v) is 7.51. The quantitative estimate of drug-likeness (QED) is 0.721. The first-order chi connectivity index (χ1) is 9.88. The number of benzene rings is 1. The Balaban J connectivity index is 1.67. The monoisotopic (exact) mass is 292 g/mol. The summed E-state index contributed by atoms with van der Waals surface area (Å²) in [6.45, 7) is 3.10. The van der Waals surface area contributed by atoms with Crippen LogP contribution < -0.4 is 10.1 Å². The molecule has 5 heteroatoms. The van der Waals surface area contributed by atoms with Crippen molar-refractivity contribution >= 4 is 11.3 Å². The molecule has 2 rings (SSSR count). The van der Waals surface area contributed by atoms with Crippen LogP contribution in [0.5, 0.6) is 5.75 Å². The first kappa shape index (κ1) is 15.0. The molecule has 0 aliphatic carbocycles. The molecule has 0 radical (unpaired) electrons. The Morgan fingerprint density at radius 1 is 1.20 bits per heavy atom. The number of nitrogens with one attached hydrogen (secondary N) is 1. The van der Waals surface area contributed by atoms with E-state index in [2.05, 4.69) is 10.3 Å². The van der Waals surface area contributed by atoms with Crippen LogP contribution in [-0.2, 0) is 17.7 Å². The van der Waals surface area contributed by atoms with Gasteiger partial charge in [0.2, 0.25) is 0 Å². The zero-order valence-corrected chi connectivity index (χ0v) is 12.5. The topological polar surface area (TPSA) is 43.4 Å². The minimum atomic E-state index is 0.661. The summed E-state index contributed by atoms with van der Waals surface area (Å²) in [6, 6.07) is 9.86. The molecule has 1 aromatic carbocycles. The van der Waals surface area contributed by atoms with E-state index in [1.54, 1.807) is 18.4 Å². The normalized spacial score (nSPS) is 10.7. The van der Waals surface area contributed by atoms with Gasteiger partial charge in [0.1, 0.15) is 5.75 Å². The van der Waals surface area contributed by atoms with Crippen molar-refractivity contribution in [1.29, 1.82) is 0 Å². The Kier molecular flexibility index (Phi) is 6.50. The molecule has 1 N–H and O–H groups in total. The van der Waals surface area contributed by atoms with Crippen LogP contribution in [0.3, 0.4) is 0 Å². The highest BCUT2D eigenvalue weighted by atomic mass is 32.1. The molecular formula is C15H20N2O2S. The van der Waals surface area contributed by atoms with Gasteiger partial charge in [-0.05, 0) is 12.1 Å². The molecule has 2 aromatic rings. The highest BCUT2D eigenvalue weighted by Crippen LogP contribution is 2.14. The lowest BCUT2D eigenvalue weighted by atomic mass is 10.3. The molecule has 0 bridgehead atoms. The second-order valence-electron chi connectivity index (χ2n) is 4.30. The molecule has 0 spiro atoms. The van der Waals surface area contributed by atoms with Crippen molar-refractivity contribution in [3.63, 3.8) is 0 Å². The van der Waals surface area contributed by atoms with E-state index in [0.29, 0.717) is 6.61 Å². The van der Waals surface area contributed by atoms with Crippen molar-refractivity contribution in [1.82, 2.24) is 10.3 Å². The molecule has 20 heavy (non-hydrogen) atoms. The van der Waals surface area contributed by atoms with E-state index in [0.717, 1.165) is 36.9 Å². The van der Waals surface area contributed by atoms with E-state index in [1.165, 1.54) is 4.88 Å². The van der Waals surface area contributed by atoms with E-state index < -0.39 is 0 Å². The Bertz CT molecular complexity index is 488. The third-order valence-corrected chi connectivity index (χ3v) is 3.77. The molecular weight excluding hydrogens is 272 g/mol. The Labute approximate surface area is 123 Å². The van der Waals surface area contributed by atoms with Crippen molar-refractivity contribution in [3.8, 4) is 5.75 Å². The SMILES string of the molecule is COCCNCc1cnc(CCOc2ccccc2)s1. The number of rotatable bonds is 9. The van der Waals surface area contributed by atoms with Gasteiger partial charge in [-0.1, -0.05) is 18.2 Å². The lowest BCUT2D eigenvalue weighted by molar-refractivity contribution is 0.199. The summed E-state index contributed by atoms with van der Waals surface area (Å²) in [5, 5.41) is 4.43. The van der Waals surface area contributed by atoms with E-state index in [1.807, 2.05) is 36.5 Å². The summed E-state index contributed by atoms with van der Waals surface area (Å²) < 4.78 is 10.7. The fourth-order valence-corrected chi connectivity index (χ4v) is 2.58. The van der Waals surface area contributed by atoms with Gasteiger partial charge in [-0.15, -0.1) is 11.3 Å². The molecule has 0 fully saturated rings. The third-order valence-electron chi connectivity index (χ3n) is 2.71. The number of nitrogens with zero attached hydrogens (tertiary/aromatic N) is 1. The fraction of sp³-hybridized carbons (Fsp3) is 0.400. The number of hydrogen-bond donors (Lipinski definition) is 1. The zero-order chi connectivity index (χ0) is 14.0. The maximum atomic E-state index is 5.67. The van der Waals surface area contributed by atoms with E-state index in [-0.39, 0.29) is 0 Å². The minimum Gasteiger partial charge on any atom is -0.493 e. The van der Waals surface area contributed by atoms with Crippen molar-refractivity contribution in [3.05, 3.63) is 46.4 Å².